The van der Waals surface area contributed by atoms with Gasteiger partial charge in [0, 0.05) is 23.4 Å². The van der Waals surface area contributed by atoms with Gasteiger partial charge in [-0.2, -0.15) is 0 Å². The third-order valence-electron chi connectivity index (χ3n) is 2.57. The first-order valence-corrected chi connectivity index (χ1v) is 5.10. The summed E-state index contributed by atoms with van der Waals surface area (Å²) < 4.78 is 0. The van der Waals surface area contributed by atoms with E-state index in [1.54, 1.807) is 0 Å². The van der Waals surface area contributed by atoms with Crippen molar-refractivity contribution in [3.05, 3.63) is 42.1 Å². The molecule has 2 heteroatoms. The molecule has 0 amide bonds. The number of hydrogen-bond donors (Lipinski definition) is 0. The van der Waals surface area contributed by atoms with Crippen LogP contribution < -0.4 is 0 Å². The lowest BCUT2D eigenvalue weighted by Gasteiger charge is -2.07. The molecule has 0 bridgehead atoms. The molecule has 0 N–H and O–H groups in total. The Hall–Kier alpha value is -1.70. The van der Waals surface area contributed by atoms with Crippen molar-refractivity contribution in [1.82, 2.24) is 4.98 Å². The first-order chi connectivity index (χ1) is 7.31. The summed E-state index contributed by atoms with van der Waals surface area (Å²) >= 11 is 0. The molecule has 1 atom stereocenters. The zero-order valence-corrected chi connectivity index (χ0v) is 8.68. The number of hydrogen-bond acceptors (Lipinski definition) is 2. The van der Waals surface area contributed by atoms with E-state index < -0.39 is 0 Å². The van der Waals surface area contributed by atoms with Crippen LogP contribution in [0.5, 0.6) is 0 Å². The summed E-state index contributed by atoms with van der Waals surface area (Å²) in [6.07, 6.45) is 1.48. The van der Waals surface area contributed by atoms with Gasteiger partial charge in [-0.3, -0.25) is 4.98 Å². The molecule has 1 aromatic carbocycles. The minimum atomic E-state index is 0.201. The predicted octanol–water partition coefficient (Wildman–Crippen LogP) is 2.93. The van der Waals surface area contributed by atoms with Crippen molar-refractivity contribution < 1.29 is 4.79 Å². The van der Waals surface area contributed by atoms with E-state index in [1.807, 2.05) is 37.3 Å². The van der Waals surface area contributed by atoms with Crippen LogP contribution in [-0.4, -0.2) is 11.3 Å². The molecule has 2 rings (SSSR count). The first-order valence-electron chi connectivity index (χ1n) is 5.10. The van der Waals surface area contributed by atoms with E-state index >= 15 is 0 Å². The van der Waals surface area contributed by atoms with Crippen molar-refractivity contribution in [2.45, 2.75) is 19.3 Å². The third kappa shape index (κ3) is 2.04. The largest absolute Gasteiger partial charge is 0.303 e. The van der Waals surface area contributed by atoms with E-state index in [0.717, 1.165) is 22.9 Å². The summed E-state index contributed by atoms with van der Waals surface area (Å²) in [6, 6.07) is 12.1. The van der Waals surface area contributed by atoms with E-state index in [-0.39, 0.29) is 5.92 Å². The molecule has 2 nitrogen and oxygen atoms in total. The van der Waals surface area contributed by atoms with Gasteiger partial charge < -0.3 is 4.79 Å². The fourth-order valence-electron chi connectivity index (χ4n) is 1.62. The maximum absolute atomic E-state index is 10.4. The highest BCUT2D eigenvalue weighted by Crippen LogP contribution is 2.19. The quantitative estimate of drug-likeness (QED) is 0.711. The molecule has 2 aromatic rings. The van der Waals surface area contributed by atoms with Gasteiger partial charge in [-0.25, -0.2) is 0 Å². The zero-order chi connectivity index (χ0) is 10.7. The molecule has 0 radical (unpaired) electrons. The lowest BCUT2D eigenvalue weighted by Crippen LogP contribution is -1.97. The summed E-state index contributed by atoms with van der Waals surface area (Å²) in [4.78, 5) is 15.0. The van der Waals surface area contributed by atoms with E-state index in [2.05, 4.69) is 11.1 Å². The highest BCUT2D eigenvalue weighted by molar-refractivity contribution is 5.78. The molecule has 0 saturated heterocycles. The number of aromatic nitrogens is 1. The summed E-state index contributed by atoms with van der Waals surface area (Å²) in [5.74, 6) is 0.201. The van der Waals surface area contributed by atoms with Crippen molar-refractivity contribution in [3.8, 4) is 0 Å². The van der Waals surface area contributed by atoms with Crippen molar-refractivity contribution >= 4 is 17.2 Å². The van der Waals surface area contributed by atoms with Crippen LogP contribution in [0.3, 0.4) is 0 Å². The van der Waals surface area contributed by atoms with Crippen LogP contribution in [0.1, 0.15) is 25.0 Å². The fourth-order valence-corrected chi connectivity index (χ4v) is 1.62. The second kappa shape index (κ2) is 4.22. The average molecular weight is 199 g/mol. The maximum atomic E-state index is 10.4. The smallest absolute Gasteiger partial charge is 0.120 e. The van der Waals surface area contributed by atoms with Crippen LogP contribution in [0.15, 0.2) is 36.4 Å². The molecule has 1 aromatic heterocycles. The number of aldehydes is 1. The van der Waals surface area contributed by atoms with Gasteiger partial charge in [0.25, 0.3) is 0 Å². The van der Waals surface area contributed by atoms with Crippen molar-refractivity contribution in [2.24, 2.45) is 0 Å². The van der Waals surface area contributed by atoms with Gasteiger partial charge in [-0.15, -0.1) is 0 Å². The van der Waals surface area contributed by atoms with E-state index in [1.165, 1.54) is 0 Å². The van der Waals surface area contributed by atoms with Crippen LogP contribution in [0.2, 0.25) is 0 Å². The van der Waals surface area contributed by atoms with Crippen LogP contribution >= 0.6 is 0 Å². The predicted molar refractivity (Wildman–Crippen MR) is 60.8 cm³/mol. The lowest BCUT2D eigenvalue weighted by atomic mass is 10.0. The number of benzene rings is 1. The number of rotatable bonds is 3. The van der Waals surface area contributed by atoms with Crippen molar-refractivity contribution in [1.29, 1.82) is 0 Å². The maximum Gasteiger partial charge on any atom is 0.120 e. The van der Waals surface area contributed by atoms with Gasteiger partial charge >= 0.3 is 0 Å². The Bertz CT molecular complexity index is 479. The second-order valence-corrected chi connectivity index (χ2v) is 3.73. The van der Waals surface area contributed by atoms with Crippen LogP contribution in [0, 0.1) is 0 Å². The van der Waals surface area contributed by atoms with Gasteiger partial charge in [0.1, 0.15) is 6.29 Å². The number of carbonyl (C=O) groups excluding carboxylic acids is 1. The topological polar surface area (TPSA) is 30.0 Å². The minimum Gasteiger partial charge on any atom is -0.303 e. The number of para-hydroxylation sites is 1. The SMILES string of the molecule is CC(CC=O)c1ccc2ccccc2n1. The Morgan fingerprint density at radius 1 is 1.27 bits per heavy atom. The molecule has 0 fully saturated rings. The molecule has 15 heavy (non-hydrogen) atoms. The van der Waals surface area contributed by atoms with Gasteiger partial charge in [0.05, 0.1) is 5.52 Å². The van der Waals surface area contributed by atoms with E-state index in [9.17, 15) is 4.79 Å². The summed E-state index contributed by atoms with van der Waals surface area (Å²) in [6.45, 7) is 2.02. The summed E-state index contributed by atoms with van der Waals surface area (Å²) in [5, 5.41) is 1.14. The van der Waals surface area contributed by atoms with Crippen molar-refractivity contribution in [3.63, 3.8) is 0 Å². The van der Waals surface area contributed by atoms with E-state index in [4.69, 9.17) is 0 Å². The normalized spacial score (nSPS) is 12.6. The average Bonchev–Trinajstić information content (AvgIpc) is 2.29. The molecule has 0 aliphatic rings. The van der Waals surface area contributed by atoms with E-state index in [0.29, 0.717) is 6.42 Å². The van der Waals surface area contributed by atoms with Crippen LogP contribution in [0.25, 0.3) is 10.9 Å². The molecule has 0 aliphatic carbocycles. The van der Waals surface area contributed by atoms with Gasteiger partial charge in [0.2, 0.25) is 0 Å². The number of fused-ring (bicyclic) bond motifs is 1. The Morgan fingerprint density at radius 2 is 2.07 bits per heavy atom. The lowest BCUT2D eigenvalue weighted by molar-refractivity contribution is -0.108. The molecule has 0 aliphatic heterocycles. The highest BCUT2D eigenvalue weighted by atomic mass is 16.1. The monoisotopic (exact) mass is 199 g/mol. The van der Waals surface area contributed by atoms with Crippen LogP contribution in [0.4, 0.5) is 0 Å². The Morgan fingerprint density at radius 3 is 2.87 bits per heavy atom. The summed E-state index contributed by atoms with van der Waals surface area (Å²) in [5.41, 5.74) is 1.98. The molecule has 1 heterocycles. The van der Waals surface area contributed by atoms with Gasteiger partial charge in [0.15, 0.2) is 0 Å². The number of carbonyl (C=O) groups is 1. The van der Waals surface area contributed by atoms with Crippen molar-refractivity contribution in [2.75, 3.05) is 0 Å². The summed E-state index contributed by atoms with van der Waals surface area (Å²) in [7, 11) is 0. The molecular weight excluding hydrogens is 186 g/mol. The molecular formula is C13H13NO. The number of pyridine rings is 1. The standard InChI is InChI=1S/C13H13NO/c1-10(8-9-15)12-7-6-11-4-2-3-5-13(11)14-12/h2-7,9-10H,8H2,1H3. The Balaban J connectivity index is 2.42. The first kappa shape index (κ1) is 9.84. The highest BCUT2D eigenvalue weighted by Gasteiger charge is 2.06. The minimum absolute atomic E-state index is 0.201. The molecule has 76 valence electrons. The molecule has 0 saturated carbocycles. The van der Waals surface area contributed by atoms with Gasteiger partial charge in [-0.1, -0.05) is 31.2 Å². The molecule has 1 unspecified atom stereocenters. The van der Waals surface area contributed by atoms with Crippen LogP contribution in [-0.2, 0) is 4.79 Å². The Labute approximate surface area is 89.0 Å². The second-order valence-electron chi connectivity index (χ2n) is 3.73. The third-order valence-corrected chi connectivity index (χ3v) is 2.57. The number of nitrogens with zero attached hydrogens (tertiary/aromatic N) is 1. The fraction of sp³-hybridized carbons (Fsp3) is 0.231. The Kier molecular flexibility index (Phi) is 2.77. The molecule has 0 spiro atoms. The van der Waals surface area contributed by atoms with Gasteiger partial charge in [-0.05, 0) is 12.1 Å². The zero-order valence-electron chi connectivity index (χ0n) is 8.68.